The molecule has 148 valence electrons. The monoisotopic (exact) mass is 382 g/mol. The fraction of sp³-hybridized carbons (Fsp3) is 0.476. The number of likely N-dealkylation sites (tertiary alicyclic amines) is 2. The van der Waals surface area contributed by atoms with Gasteiger partial charge in [-0.2, -0.15) is 0 Å². The van der Waals surface area contributed by atoms with Crippen molar-refractivity contribution >= 4 is 11.8 Å². The number of hydrogen-bond acceptors (Lipinski definition) is 5. The first-order valence-corrected chi connectivity index (χ1v) is 9.84. The maximum Gasteiger partial charge on any atom is 0.288 e. The van der Waals surface area contributed by atoms with E-state index in [1.54, 1.807) is 6.92 Å². The SMILES string of the molecule is Cc1noc(C(N)=O)c1C(=O)N1CC2CN(CCCc3ccccc3)C[C@H]2C1. The Morgan fingerprint density at radius 1 is 1.14 bits per heavy atom. The topological polar surface area (TPSA) is 92.7 Å². The van der Waals surface area contributed by atoms with Gasteiger partial charge in [-0.15, -0.1) is 0 Å². The molecule has 2 aliphatic heterocycles. The smallest absolute Gasteiger partial charge is 0.288 e. The van der Waals surface area contributed by atoms with Crippen LogP contribution in [0, 0.1) is 18.8 Å². The summed E-state index contributed by atoms with van der Waals surface area (Å²) < 4.78 is 4.95. The molecule has 0 bridgehead atoms. The summed E-state index contributed by atoms with van der Waals surface area (Å²) >= 11 is 0. The van der Waals surface area contributed by atoms with Crippen LogP contribution in [0.2, 0.25) is 0 Å². The molecule has 2 amide bonds. The number of amides is 2. The van der Waals surface area contributed by atoms with Crippen LogP contribution in [-0.2, 0) is 6.42 Å². The van der Waals surface area contributed by atoms with Gasteiger partial charge in [0.1, 0.15) is 5.56 Å². The molecular formula is C21H26N4O3. The average Bonchev–Trinajstić information content (AvgIpc) is 3.35. The average molecular weight is 382 g/mol. The molecule has 0 radical (unpaired) electrons. The van der Waals surface area contributed by atoms with Gasteiger partial charge in [-0.05, 0) is 43.7 Å². The molecule has 2 aromatic rings. The van der Waals surface area contributed by atoms with E-state index in [0.29, 0.717) is 30.6 Å². The molecule has 3 heterocycles. The third kappa shape index (κ3) is 3.67. The molecule has 0 saturated carbocycles. The normalized spacial score (nSPS) is 21.8. The largest absolute Gasteiger partial charge is 0.363 e. The van der Waals surface area contributed by atoms with Crippen molar-refractivity contribution in [2.75, 3.05) is 32.7 Å². The predicted molar refractivity (Wildman–Crippen MR) is 104 cm³/mol. The van der Waals surface area contributed by atoms with E-state index in [1.165, 1.54) is 5.56 Å². The molecule has 4 rings (SSSR count). The number of nitrogens with zero attached hydrogens (tertiary/aromatic N) is 3. The zero-order chi connectivity index (χ0) is 19.7. The van der Waals surface area contributed by atoms with Crippen LogP contribution in [0.15, 0.2) is 34.9 Å². The van der Waals surface area contributed by atoms with Gasteiger partial charge in [0.2, 0.25) is 5.76 Å². The second-order valence-electron chi connectivity index (χ2n) is 7.92. The number of hydrogen-bond donors (Lipinski definition) is 1. The lowest BCUT2D eigenvalue weighted by molar-refractivity contribution is 0.0764. The van der Waals surface area contributed by atoms with Gasteiger partial charge in [0.15, 0.2) is 0 Å². The summed E-state index contributed by atoms with van der Waals surface area (Å²) in [7, 11) is 0. The van der Waals surface area contributed by atoms with Gasteiger partial charge < -0.3 is 20.1 Å². The number of carbonyl (C=O) groups excluding carboxylic acids is 2. The van der Waals surface area contributed by atoms with Crippen molar-refractivity contribution in [1.82, 2.24) is 15.0 Å². The predicted octanol–water partition coefficient (Wildman–Crippen LogP) is 1.72. The first-order valence-electron chi connectivity index (χ1n) is 9.84. The van der Waals surface area contributed by atoms with Crippen LogP contribution in [-0.4, -0.2) is 59.5 Å². The van der Waals surface area contributed by atoms with Crippen LogP contribution in [0.4, 0.5) is 0 Å². The summed E-state index contributed by atoms with van der Waals surface area (Å²) in [4.78, 5) is 28.7. The van der Waals surface area contributed by atoms with Gasteiger partial charge in [-0.25, -0.2) is 0 Å². The lowest BCUT2D eigenvalue weighted by Crippen LogP contribution is -2.34. The van der Waals surface area contributed by atoms with E-state index in [1.807, 2.05) is 11.0 Å². The number of primary amides is 1. The molecular weight excluding hydrogens is 356 g/mol. The molecule has 1 aromatic carbocycles. The maximum absolute atomic E-state index is 12.9. The van der Waals surface area contributed by atoms with E-state index >= 15 is 0 Å². The Kier molecular flexibility index (Phi) is 5.17. The van der Waals surface area contributed by atoms with Crippen LogP contribution in [0.1, 0.15) is 38.6 Å². The van der Waals surface area contributed by atoms with Crippen LogP contribution in [0.5, 0.6) is 0 Å². The van der Waals surface area contributed by atoms with Gasteiger partial charge >= 0.3 is 0 Å². The number of nitrogens with two attached hydrogens (primary N) is 1. The van der Waals surface area contributed by atoms with Crippen LogP contribution in [0.25, 0.3) is 0 Å². The van der Waals surface area contributed by atoms with Crippen molar-refractivity contribution in [2.24, 2.45) is 17.6 Å². The Labute approximate surface area is 164 Å². The van der Waals surface area contributed by atoms with Crippen molar-refractivity contribution in [2.45, 2.75) is 19.8 Å². The minimum atomic E-state index is -0.757. The highest BCUT2D eigenvalue weighted by atomic mass is 16.5. The van der Waals surface area contributed by atoms with Gasteiger partial charge in [0.25, 0.3) is 11.8 Å². The van der Waals surface area contributed by atoms with Crippen LogP contribution in [0.3, 0.4) is 0 Å². The first kappa shape index (κ1) is 18.7. The fourth-order valence-electron chi connectivity index (χ4n) is 4.54. The molecule has 7 heteroatoms. The second-order valence-corrected chi connectivity index (χ2v) is 7.92. The van der Waals surface area contributed by atoms with Crippen molar-refractivity contribution in [3.8, 4) is 0 Å². The molecule has 2 atom stereocenters. The number of aromatic nitrogens is 1. The van der Waals surface area contributed by atoms with E-state index in [9.17, 15) is 9.59 Å². The highest BCUT2D eigenvalue weighted by Gasteiger charge is 2.42. The summed E-state index contributed by atoms with van der Waals surface area (Å²) in [5.74, 6) is -0.122. The van der Waals surface area contributed by atoms with E-state index in [2.05, 4.69) is 34.3 Å². The summed E-state index contributed by atoms with van der Waals surface area (Å²) in [5, 5.41) is 3.74. The fourth-order valence-corrected chi connectivity index (χ4v) is 4.54. The maximum atomic E-state index is 12.9. The molecule has 28 heavy (non-hydrogen) atoms. The molecule has 2 N–H and O–H groups in total. The van der Waals surface area contributed by atoms with Gasteiger partial charge in [0.05, 0.1) is 5.69 Å². The summed E-state index contributed by atoms with van der Waals surface area (Å²) in [5.41, 5.74) is 7.33. The van der Waals surface area contributed by atoms with E-state index in [0.717, 1.165) is 32.5 Å². The Hall–Kier alpha value is -2.67. The van der Waals surface area contributed by atoms with Gasteiger partial charge in [-0.1, -0.05) is 35.5 Å². The quantitative estimate of drug-likeness (QED) is 0.821. The Morgan fingerprint density at radius 3 is 2.46 bits per heavy atom. The Bertz CT molecular complexity index is 850. The molecule has 0 spiro atoms. The third-order valence-corrected chi connectivity index (χ3v) is 5.93. The Balaban J connectivity index is 1.30. The molecule has 1 aromatic heterocycles. The molecule has 2 fully saturated rings. The number of benzene rings is 1. The van der Waals surface area contributed by atoms with Crippen LogP contribution >= 0.6 is 0 Å². The molecule has 7 nitrogen and oxygen atoms in total. The lowest BCUT2D eigenvalue weighted by Gasteiger charge is -2.21. The van der Waals surface area contributed by atoms with Crippen molar-refractivity contribution in [1.29, 1.82) is 0 Å². The van der Waals surface area contributed by atoms with Crippen molar-refractivity contribution in [3.63, 3.8) is 0 Å². The zero-order valence-corrected chi connectivity index (χ0v) is 16.1. The second kappa shape index (κ2) is 7.75. The molecule has 0 aliphatic carbocycles. The lowest BCUT2D eigenvalue weighted by atomic mass is 10.0. The summed E-state index contributed by atoms with van der Waals surface area (Å²) in [6, 6.07) is 10.6. The zero-order valence-electron chi connectivity index (χ0n) is 16.1. The standard InChI is InChI=1S/C21H26N4O3/c1-14-18(19(20(22)26)28-23-14)21(27)25-12-16-10-24(11-17(16)13-25)9-5-8-15-6-3-2-4-7-15/h2-4,6-7,16-17H,5,8-13H2,1H3,(H2,22,26)/t16-,17?/m0/s1. The molecule has 2 saturated heterocycles. The summed E-state index contributed by atoms with van der Waals surface area (Å²) in [6.45, 7) is 6.22. The third-order valence-electron chi connectivity index (χ3n) is 5.93. The number of aryl methyl sites for hydroxylation is 2. The van der Waals surface area contributed by atoms with Crippen LogP contribution < -0.4 is 5.73 Å². The van der Waals surface area contributed by atoms with Crippen molar-refractivity contribution in [3.05, 3.63) is 52.9 Å². The minimum absolute atomic E-state index is 0.137. The van der Waals surface area contributed by atoms with Crippen molar-refractivity contribution < 1.29 is 14.1 Å². The first-order chi connectivity index (χ1) is 13.5. The molecule has 1 unspecified atom stereocenters. The number of fused-ring (bicyclic) bond motifs is 1. The highest BCUT2D eigenvalue weighted by Crippen LogP contribution is 2.32. The summed E-state index contributed by atoms with van der Waals surface area (Å²) in [6.07, 6.45) is 2.24. The number of rotatable bonds is 6. The molecule has 2 aliphatic rings. The van der Waals surface area contributed by atoms with Gasteiger partial charge in [-0.3, -0.25) is 9.59 Å². The van der Waals surface area contributed by atoms with E-state index < -0.39 is 5.91 Å². The Morgan fingerprint density at radius 2 is 1.82 bits per heavy atom. The van der Waals surface area contributed by atoms with E-state index in [4.69, 9.17) is 10.3 Å². The minimum Gasteiger partial charge on any atom is -0.363 e. The highest BCUT2D eigenvalue weighted by molar-refractivity contribution is 6.05. The van der Waals surface area contributed by atoms with Gasteiger partial charge in [0, 0.05) is 26.2 Å². The number of carbonyl (C=O) groups is 2. The van der Waals surface area contributed by atoms with E-state index in [-0.39, 0.29) is 17.2 Å².